The minimum atomic E-state index is -0.552. The zero-order chi connectivity index (χ0) is 11.7. The molecule has 0 spiro atoms. The molecule has 6 heteroatoms. The van der Waals surface area contributed by atoms with Gasteiger partial charge in [0.25, 0.3) is 0 Å². The van der Waals surface area contributed by atoms with E-state index in [4.69, 9.17) is 5.73 Å². The lowest BCUT2D eigenvalue weighted by atomic mass is 10.3. The molecular weight excluding hydrogens is 202 g/mol. The van der Waals surface area contributed by atoms with Gasteiger partial charge < -0.3 is 15.2 Å². The molecule has 6 nitrogen and oxygen atoms in total. The summed E-state index contributed by atoms with van der Waals surface area (Å²) in [7, 11) is 0. The molecule has 0 aromatic rings. The number of amides is 1. The second-order valence-electron chi connectivity index (χ2n) is 2.76. The predicted molar refractivity (Wildman–Crippen MR) is 50.6 cm³/mol. The van der Waals surface area contributed by atoms with Gasteiger partial charge in [-0.25, -0.2) is 0 Å². The van der Waals surface area contributed by atoms with Crippen molar-refractivity contribution >= 4 is 17.8 Å². The first-order valence-electron chi connectivity index (χ1n) is 4.65. The number of hydrogen-bond acceptors (Lipinski definition) is 5. The van der Waals surface area contributed by atoms with Crippen LogP contribution in [-0.4, -0.2) is 31.1 Å². The van der Waals surface area contributed by atoms with E-state index in [0.717, 1.165) is 0 Å². The van der Waals surface area contributed by atoms with Crippen molar-refractivity contribution in [2.75, 3.05) is 13.2 Å². The molecule has 0 fully saturated rings. The molecule has 2 N–H and O–H groups in total. The molecule has 15 heavy (non-hydrogen) atoms. The lowest BCUT2D eigenvalue weighted by Gasteiger charge is -2.04. The molecule has 86 valence electrons. The summed E-state index contributed by atoms with van der Waals surface area (Å²) >= 11 is 0. The van der Waals surface area contributed by atoms with E-state index in [0.29, 0.717) is 0 Å². The van der Waals surface area contributed by atoms with Crippen LogP contribution in [0.2, 0.25) is 0 Å². The number of carbonyl (C=O) groups excluding carboxylic acids is 3. The van der Waals surface area contributed by atoms with Crippen LogP contribution in [0.3, 0.4) is 0 Å². The van der Waals surface area contributed by atoms with Gasteiger partial charge in [0.2, 0.25) is 5.91 Å². The number of nitrogens with two attached hydrogens (primary N) is 1. The Hall–Kier alpha value is -1.59. The second kappa shape index (κ2) is 7.78. The Labute approximate surface area is 87.7 Å². The number of primary amides is 1. The monoisotopic (exact) mass is 217 g/mol. The zero-order valence-electron chi connectivity index (χ0n) is 8.65. The SMILES string of the molecule is CCC(=O)OCCOC(=O)CCC(N)=O. The van der Waals surface area contributed by atoms with Crippen LogP contribution in [0.5, 0.6) is 0 Å². The summed E-state index contributed by atoms with van der Waals surface area (Å²) in [5, 5.41) is 0. The van der Waals surface area contributed by atoms with Gasteiger partial charge in [-0.3, -0.25) is 14.4 Å². The molecule has 0 heterocycles. The van der Waals surface area contributed by atoms with E-state index in [-0.39, 0.29) is 38.4 Å². The highest BCUT2D eigenvalue weighted by Gasteiger charge is 2.05. The molecular formula is C9H15NO5. The van der Waals surface area contributed by atoms with Crippen LogP contribution in [0, 0.1) is 0 Å². The average Bonchev–Trinajstić information content (AvgIpc) is 2.21. The van der Waals surface area contributed by atoms with Gasteiger partial charge in [-0.15, -0.1) is 0 Å². The van der Waals surface area contributed by atoms with Crippen LogP contribution in [0.25, 0.3) is 0 Å². The largest absolute Gasteiger partial charge is 0.462 e. The van der Waals surface area contributed by atoms with Crippen LogP contribution in [-0.2, 0) is 23.9 Å². The highest BCUT2D eigenvalue weighted by atomic mass is 16.6. The maximum atomic E-state index is 10.9. The molecule has 0 aromatic carbocycles. The van der Waals surface area contributed by atoms with Crippen LogP contribution >= 0.6 is 0 Å². The van der Waals surface area contributed by atoms with Crippen LogP contribution in [0.4, 0.5) is 0 Å². The Morgan fingerprint density at radius 2 is 1.53 bits per heavy atom. The molecule has 0 atom stereocenters. The molecule has 0 aliphatic rings. The van der Waals surface area contributed by atoms with E-state index in [1.165, 1.54) is 0 Å². The summed E-state index contributed by atoms with van der Waals surface area (Å²) in [5.74, 6) is -1.42. The van der Waals surface area contributed by atoms with Crippen molar-refractivity contribution in [1.29, 1.82) is 0 Å². The highest BCUT2D eigenvalue weighted by molar-refractivity contribution is 5.79. The maximum Gasteiger partial charge on any atom is 0.306 e. The third-order valence-electron chi connectivity index (χ3n) is 1.47. The van der Waals surface area contributed by atoms with Gasteiger partial charge in [0.15, 0.2) is 0 Å². The standard InChI is InChI=1S/C9H15NO5/c1-2-8(12)14-5-6-15-9(13)4-3-7(10)11/h2-6H2,1H3,(H2,10,11). The molecule has 0 saturated heterocycles. The summed E-state index contributed by atoms with van der Waals surface area (Å²) in [6, 6.07) is 0. The average molecular weight is 217 g/mol. The first kappa shape index (κ1) is 13.4. The highest BCUT2D eigenvalue weighted by Crippen LogP contribution is 1.92. The molecule has 0 unspecified atom stereocenters. The van der Waals surface area contributed by atoms with E-state index in [1.807, 2.05) is 0 Å². The third kappa shape index (κ3) is 8.73. The van der Waals surface area contributed by atoms with Gasteiger partial charge in [0.1, 0.15) is 13.2 Å². The molecule has 0 aliphatic carbocycles. The Balaban J connectivity index is 3.39. The quantitative estimate of drug-likeness (QED) is 0.468. The van der Waals surface area contributed by atoms with Gasteiger partial charge in [0.05, 0.1) is 6.42 Å². The van der Waals surface area contributed by atoms with Gasteiger partial charge in [-0.2, -0.15) is 0 Å². The first-order chi connectivity index (χ1) is 7.06. The third-order valence-corrected chi connectivity index (χ3v) is 1.47. The van der Waals surface area contributed by atoms with E-state index in [9.17, 15) is 14.4 Å². The number of rotatable bonds is 7. The first-order valence-corrected chi connectivity index (χ1v) is 4.65. The lowest BCUT2D eigenvalue weighted by Crippen LogP contribution is -2.16. The number of carbonyl (C=O) groups is 3. The van der Waals surface area contributed by atoms with Crippen molar-refractivity contribution in [3.8, 4) is 0 Å². The Morgan fingerprint density at radius 1 is 1.00 bits per heavy atom. The molecule has 0 saturated carbocycles. The maximum absolute atomic E-state index is 10.9. The second-order valence-corrected chi connectivity index (χ2v) is 2.76. The molecule has 1 amide bonds. The number of ether oxygens (including phenoxy) is 2. The van der Waals surface area contributed by atoms with Crippen molar-refractivity contribution in [3.05, 3.63) is 0 Å². The van der Waals surface area contributed by atoms with E-state index in [2.05, 4.69) is 9.47 Å². The molecule has 0 aromatic heterocycles. The van der Waals surface area contributed by atoms with E-state index in [1.54, 1.807) is 6.92 Å². The van der Waals surface area contributed by atoms with Gasteiger partial charge in [-0.1, -0.05) is 6.92 Å². The fourth-order valence-corrected chi connectivity index (χ4v) is 0.710. The van der Waals surface area contributed by atoms with Gasteiger partial charge in [-0.05, 0) is 0 Å². The minimum Gasteiger partial charge on any atom is -0.462 e. The van der Waals surface area contributed by atoms with Crippen LogP contribution in [0.1, 0.15) is 26.2 Å². The molecule has 0 bridgehead atoms. The summed E-state index contributed by atoms with van der Waals surface area (Å²) in [5.41, 5.74) is 4.84. The van der Waals surface area contributed by atoms with Crippen molar-refractivity contribution in [2.45, 2.75) is 26.2 Å². The Kier molecular flexibility index (Phi) is 6.96. The summed E-state index contributed by atoms with van der Waals surface area (Å²) in [6.07, 6.45) is 0.209. The zero-order valence-corrected chi connectivity index (χ0v) is 8.65. The minimum absolute atomic E-state index is 0.00331. The van der Waals surface area contributed by atoms with E-state index >= 15 is 0 Å². The van der Waals surface area contributed by atoms with Gasteiger partial charge >= 0.3 is 11.9 Å². The number of esters is 2. The van der Waals surface area contributed by atoms with Crippen molar-refractivity contribution in [2.24, 2.45) is 5.73 Å². The topological polar surface area (TPSA) is 95.7 Å². The van der Waals surface area contributed by atoms with Crippen molar-refractivity contribution < 1.29 is 23.9 Å². The summed E-state index contributed by atoms with van der Waals surface area (Å²) in [4.78, 5) is 31.8. The van der Waals surface area contributed by atoms with Crippen molar-refractivity contribution in [1.82, 2.24) is 0 Å². The fourth-order valence-electron chi connectivity index (χ4n) is 0.710. The summed E-state index contributed by atoms with van der Waals surface area (Å²) in [6.45, 7) is 1.71. The molecule has 0 aliphatic heterocycles. The number of hydrogen-bond donors (Lipinski definition) is 1. The smallest absolute Gasteiger partial charge is 0.306 e. The van der Waals surface area contributed by atoms with Crippen LogP contribution < -0.4 is 5.73 Å². The molecule has 0 radical (unpaired) electrons. The normalized spacial score (nSPS) is 9.40. The van der Waals surface area contributed by atoms with Gasteiger partial charge in [0, 0.05) is 12.8 Å². The van der Waals surface area contributed by atoms with Crippen molar-refractivity contribution in [3.63, 3.8) is 0 Å². The molecule has 0 rings (SSSR count). The summed E-state index contributed by atoms with van der Waals surface area (Å²) < 4.78 is 9.32. The predicted octanol–water partition coefficient (Wildman–Crippen LogP) is -0.252. The Morgan fingerprint density at radius 3 is 2.00 bits per heavy atom. The Bertz CT molecular complexity index is 239. The fraction of sp³-hybridized carbons (Fsp3) is 0.667. The van der Waals surface area contributed by atoms with Crippen LogP contribution in [0.15, 0.2) is 0 Å². The lowest BCUT2D eigenvalue weighted by molar-refractivity contribution is -0.152. The van der Waals surface area contributed by atoms with E-state index < -0.39 is 11.9 Å².